The normalized spacial score (nSPS) is 11.0. The third-order valence-electron chi connectivity index (χ3n) is 5.54. The molecule has 1 N–H and O–H groups in total. The molecule has 1 aromatic heterocycles. The van der Waals surface area contributed by atoms with Gasteiger partial charge in [0.15, 0.2) is 0 Å². The van der Waals surface area contributed by atoms with E-state index in [2.05, 4.69) is 54.7 Å². The highest BCUT2D eigenvalue weighted by atomic mass is 35.5. The van der Waals surface area contributed by atoms with Gasteiger partial charge in [0.1, 0.15) is 17.4 Å². The van der Waals surface area contributed by atoms with Crippen LogP contribution in [0.3, 0.4) is 0 Å². The van der Waals surface area contributed by atoms with Crippen molar-refractivity contribution in [3.8, 4) is 16.3 Å². The van der Waals surface area contributed by atoms with E-state index in [9.17, 15) is 0 Å². The number of aromatic nitrogens is 1. The second kappa shape index (κ2) is 10.1. The number of anilines is 1. The molecule has 0 aliphatic carbocycles. The number of rotatable bonds is 7. The molecule has 0 unspecified atom stereocenters. The van der Waals surface area contributed by atoms with Crippen LogP contribution in [-0.4, -0.2) is 4.98 Å². The summed E-state index contributed by atoms with van der Waals surface area (Å²) < 4.78 is 7.08. The van der Waals surface area contributed by atoms with Crippen LogP contribution in [0, 0.1) is 6.92 Å². The molecular weight excluding hydrogens is 483 g/mol. The van der Waals surface area contributed by atoms with Crippen molar-refractivity contribution in [3.63, 3.8) is 0 Å². The average Bonchev–Trinajstić information content (AvgIpc) is 3.27. The predicted molar refractivity (Wildman–Crippen MR) is 144 cm³/mol. The van der Waals surface area contributed by atoms with Crippen LogP contribution in [-0.2, 0) is 13.2 Å². The van der Waals surface area contributed by atoms with Gasteiger partial charge in [0.2, 0.25) is 0 Å². The number of nitrogens with one attached hydrogen (secondary N) is 1. The van der Waals surface area contributed by atoms with Crippen molar-refractivity contribution in [3.05, 3.63) is 112 Å². The van der Waals surface area contributed by atoms with E-state index in [-0.39, 0.29) is 0 Å². The van der Waals surface area contributed by atoms with Crippen LogP contribution >= 0.6 is 34.5 Å². The van der Waals surface area contributed by atoms with Gasteiger partial charge >= 0.3 is 0 Å². The Bertz CT molecular complexity index is 1410. The van der Waals surface area contributed by atoms with E-state index in [1.54, 1.807) is 11.3 Å². The number of thiazole rings is 1. The predicted octanol–water partition coefficient (Wildman–Crippen LogP) is 8.77. The zero-order valence-electron chi connectivity index (χ0n) is 18.5. The number of aryl methyl sites for hydroxylation is 1. The van der Waals surface area contributed by atoms with Gasteiger partial charge in [-0.05, 0) is 78.7 Å². The van der Waals surface area contributed by atoms with Crippen LogP contribution in [0.4, 0.5) is 5.69 Å². The second-order valence-corrected chi connectivity index (χ2v) is 9.90. The molecule has 0 radical (unpaired) electrons. The molecule has 0 saturated heterocycles. The summed E-state index contributed by atoms with van der Waals surface area (Å²) in [4.78, 5) is 4.77. The molecular formula is C28H22Cl2N2OS. The molecule has 0 fully saturated rings. The fourth-order valence-corrected chi connectivity index (χ4v) is 5.20. The lowest BCUT2D eigenvalue weighted by Crippen LogP contribution is -2.00. The Morgan fingerprint density at radius 3 is 2.35 bits per heavy atom. The third kappa shape index (κ3) is 5.20. The number of hydrogen-bond acceptors (Lipinski definition) is 4. The van der Waals surface area contributed by atoms with E-state index in [0.717, 1.165) is 45.2 Å². The SMILES string of the molecule is Cc1ccc2nc(-c3ccc(NCc4ccc(OCc5c(Cl)cccc5Cl)cc4)cc3)sc2c1. The van der Waals surface area contributed by atoms with Crippen LogP contribution in [0.25, 0.3) is 20.8 Å². The molecule has 6 heteroatoms. The summed E-state index contributed by atoms with van der Waals surface area (Å²) >= 11 is 14.2. The van der Waals surface area contributed by atoms with Gasteiger partial charge in [-0.25, -0.2) is 4.98 Å². The molecule has 0 saturated carbocycles. The van der Waals surface area contributed by atoms with Gasteiger partial charge in [-0.1, -0.05) is 47.5 Å². The zero-order chi connectivity index (χ0) is 23.5. The molecule has 0 spiro atoms. The van der Waals surface area contributed by atoms with Crippen LogP contribution < -0.4 is 10.1 Å². The Morgan fingerprint density at radius 1 is 0.882 bits per heavy atom. The first-order chi connectivity index (χ1) is 16.5. The van der Waals surface area contributed by atoms with E-state index in [0.29, 0.717) is 16.7 Å². The van der Waals surface area contributed by atoms with Crippen molar-refractivity contribution in [1.82, 2.24) is 4.98 Å². The Morgan fingerprint density at radius 2 is 1.62 bits per heavy atom. The summed E-state index contributed by atoms with van der Waals surface area (Å²) in [7, 11) is 0. The molecule has 170 valence electrons. The first kappa shape index (κ1) is 22.7. The summed E-state index contributed by atoms with van der Waals surface area (Å²) in [5, 5.41) is 5.73. The molecule has 0 aliphatic rings. The van der Waals surface area contributed by atoms with E-state index in [1.807, 2.05) is 42.5 Å². The molecule has 0 aliphatic heterocycles. The van der Waals surface area contributed by atoms with E-state index in [4.69, 9.17) is 32.9 Å². The quantitative estimate of drug-likeness (QED) is 0.240. The fourth-order valence-electron chi connectivity index (χ4n) is 3.62. The molecule has 5 rings (SSSR count). The van der Waals surface area contributed by atoms with Gasteiger partial charge in [0.05, 0.1) is 10.2 Å². The van der Waals surface area contributed by atoms with Crippen molar-refractivity contribution >= 4 is 50.4 Å². The highest BCUT2D eigenvalue weighted by molar-refractivity contribution is 7.21. The second-order valence-electron chi connectivity index (χ2n) is 8.05. The molecule has 1 heterocycles. The van der Waals surface area contributed by atoms with E-state index >= 15 is 0 Å². The Hall–Kier alpha value is -3.05. The maximum atomic E-state index is 6.21. The lowest BCUT2D eigenvalue weighted by atomic mass is 10.2. The zero-order valence-corrected chi connectivity index (χ0v) is 20.8. The number of hydrogen-bond donors (Lipinski definition) is 1. The van der Waals surface area contributed by atoms with Crippen LogP contribution in [0.15, 0.2) is 84.9 Å². The smallest absolute Gasteiger partial charge is 0.124 e. The molecule has 5 aromatic rings. The highest BCUT2D eigenvalue weighted by Crippen LogP contribution is 2.31. The average molecular weight is 505 g/mol. The lowest BCUT2D eigenvalue weighted by molar-refractivity contribution is 0.306. The van der Waals surface area contributed by atoms with Crippen LogP contribution in [0.5, 0.6) is 5.75 Å². The first-order valence-electron chi connectivity index (χ1n) is 10.9. The Labute approximate surface area is 213 Å². The lowest BCUT2D eigenvalue weighted by Gasteiger charge is -2.11. The van der Waals surface area contributed by atoms with E-state index in [1.165, 1.54) is 10.3 Å². The molecule has 3 nitrogen and oxygen atoms in total. The van der Waals surface area contributed by atoms with Gasteiger partial charge in [0, 0.05) is 33.4 Å². The van der Waals surface area contributed by atoms with Crippen molar-refractivity contribution in [2.24, 2.45) is 0 Å². The van der Waals surface area contributed by atoms with Crippen LogP contribution in [0.1, 0.15) is 16.7 Å². The summed E-state index contributed by atoms with van der Waals surface area (Å²) in [6, 6.07) is 28.3. The van der Waals surface area contributed by atoms with Crippen molar-refractivity contribution in [2.75, 3.05) is 5.32 Å². The van der Waals surface area contributed by atoms with Gasteiger partial charge in [-0.2, -0.15) is 0 Å². The van der Waals surface area contributed by atoms with E-state index < -0.39 is 0 Å². The maximum Gasteiger partial charge on any atom is 0.124 e. The highest BCUT2D eigenvalue weighted by Gasteiger charge is 2.08. The molecule has 0 amide bonds. The number of ether oxygens (including phenoxy) is 1. The molecule has 4 aromatic carbocycles. The molecule has 0 bridgehead atoms. The third-order valence-corrected chi connectivity index (χ3v) is 7.32. The minimum absolute atomic E-state index is 0.330. The minimum Gasteiger partial charge on any atom is -0.489 e. The Balaban J connectivity index is 1.18. The fraction of sp³-hybridized carbons (Fsp3) is 0.107. The van der Waals surface area contributed by atoms with Crippen LogP contribution in [0.2, 0.25) is 10.0 Å². The monoisotopic (exact) mass is 504 g/mol. The van der Waals surface area contributed by atoms with Crippen molar-refractivity contribution in [1.29, 1.82) is 0 Å². The summed E-state index contributed by atoms with van der Waals surface area (Å²) in [6.07, 6.45) is 0. The first-order valence-corrected chi connectivity index (χ1v) is 12.5. The Kier molecular flexibility index (Phi) is 6.73. The maximum absolute atomic E-state index is 6.21. The van der Waals surface area contributed by atoms with Gasteiger partial charge in [0.25, 0.3) is 0 Å². The standard InChI is InChI=1S/C28H22Cl2N2OS/c1-18-5-14-26-27(15-18)34-28(32-26)20-8-10-21(11-9-20)31-16-19-6-12-22(13-7-19)33-17-23-24(29)3-2-4-25(23)30/h2-15,31H,16-17H2,1H3. The summed E-state index contributed by atoms with van der Waals surface area (Å²) in [5.74, 6) is 0.773. The number of nitrogens with zero attached hydrogens (tertiary/aromatic N) is 1. The van der Waals surface area contributed by atoms with Gasteiger partial charge in [-0.3, -0.25) is 0 Å². The van der Waals surface area contributed by atoms with Crippen molar-refractivity contribution < 1.29 is 4.74 Å². The summed E-state index contributed by atoms with van der Waals surface area (Å²) in [5.41, 5.74) is 6.45. The molecule has 34 heavy (non-hydrogen) atoms. The number of benzene rings is 4. The van der Waals surface area contributed by atoms with Gasteiger partial charge < -0.3 is 10.1 Å². The van der Waals surface area contributed by atoms with Crippen molar-refractivity contribution in [2.45, 2.75) is 20.1 Å². The molecule has 0 atom stereocenters. The summed E-state index contributed by atoms with van der Waals surface area (Å²) in [6.45, 7) is 3.16. The number of fused-ring (bicyclic) bond motifs is 1. The largest absolute Gasteiger partial charge is 0.489 e. The minimum atomic E-state index is 0.330. The number of halogens is 2. The van der Waals surface area contributed by atoms with Gasteiger partial charge in [-0.15, -0.1) is 11.3 Å². The topological polar surface area (TPSA) is 34.2 Å².